The predicted octanol–water partition coefficient (Wildman–Crippen LogP) is 5.58. The van der Waals surface area contributed by atoms with E-state index in [1.54, 1.807) is 0 Å². The molecule has 0 bridgehead atoms. The van der Waals surface area contributed by atoms with E-state index in [1.807, 2.05) is 0 Å². The minimum atomic E-state index is -0.110. The number of ether oxygens (including phenoxy) is 2. The Hall–Kier alpha value is -2.14. The molecule has 4 nitrogen and oxygen atoms in total. The Kier molecular flexibility index (Phi) is 9.79. The van der Waals surface area contributed by atoms with Crippen molar-refractivity contribution in [1.29, 1.82) is 0 Å². The molecule has 0 amide bonds. The lowest BCUT2D eigenvalue weighted by atomic mass is 9.94. The van der Waals surface area contributed by atoms with Crippen molar-refractivity contribution in [1.82, 2.24) is 9.80 Å². The first-order chi connectivity index (χ1) is 15.7. The quantitative estimate of drug-likeness (QED) is 0.447. The van der Waals surface area contributed by atoms with Crippen molar-refractivity contribution in [3.05, 3.63) is 23.3 Å². The molecule has 2 aliphatic heterocycles. The van der Waals surface area contributed by atoms with Crippen LogP contribution in [0.4, 0.5) is 0 Å². The Morgan fingerprint density at radius 3 is 1.47 bits per heavy atom. The normalized spacial score (nSPS) is 19.5. The van der Waals surface area contributed by atoms with Crippen LogP contribution in [0.3, 0.4) is 0 Å². The summed E-state index contributed by atoms with van der Waals surface area (Å²) in [6, 6.07) is 4.04. The van der Waals surface area contributed by atoms with E-state index >= 15 is 0 Å². The number of likely N-dealkylation sites (tertiary alicyclic amines) is 2. The van der Waals surface area contributed by atoms with Crippen LogP contribution in [-0.2, 0) is 0 Å². The monoisotopic (exact) mass is 436 g/mol. The number of piperidine rings is 2. The van der Waals surface area contributed by atoms with Gasteiger partial charge in [0, 0.05) is 17.2 Å². The van der Waals surface area contributed by atoms with Gasteiger partial charge in [0.2, 0.25) is 0 Å². The number of terminal acetylenes is 2. The molecule has 0 spiro atoms. The molecule has 32 heavy (non-hydrogen) atoms. The van der Waals surface area contributed by atoms with E-state index in [0.717, 1.165) is 61.6 Å². The van der Waals surface area contributed by atoms with Crippen LogP contribution in [0.15, 0.2) is 12.1 Å². The molecule has 0 saturated carbocycles. The second-order valence-electron chi connectivity index (χ2n) is 8.96. The third-order valence-corrected chi connectivity index (χ3v) is 6.48. The lowest BCUT2D eigenvalue weighted by Crippen LogP contribution is -2.34. The summed E-state index contributed by atoms with van der Waals surface area (Å²) < 4.78 is 12.5. The minimum Gasteiger partial charge on any atom is -0.493 e. The molecule has 2 unspecified atom stereocenters. The second kappa shape index (κ2) is 12.8. The van der Waals surface area contributed by atoms with Crippen molar-refractivity contribution in [2.24, 2.45) is 0 Å². The number of benzene rings is 1. The third kappa shape index (κ3) is 6.00. The van der Waals surface area contributed by atoms with E-state index in [0.29, 0.717) is 13.2 Å². The molecule has 2 fully saturated rings. The van der Waals surface area contributed by atoms with Crippen LogP contribution < -0.4 is 9.47 Å². The Morgan fingerprint density at radius 2 is 1.12 bits per heavy atom. The lowest BCUT2D eigenvalue weighted by molar-refractivity contribution is 0.187. The topological polar surface area (TPSA) is 24.9 Å². The summed E-state index contributed by atoms with van der Waals surface area (Å²) in [6.45, 7) is 9.65. The van der Waals surface area contributed by atoms with E-state index < -0.39 is 0 Å². The zero-order chi connectivity index (χ0) is 22.8. The molecule has 0 aromatic heterocycles. The number of nitrogens with zero attached hydrogens (tertiary/aromatic N) is 2. The molecule has 174 valence electrons. The van der Waals surface area contributed by atoms with E-state index in [4.69, 9.17) is 22.3 Å². The molecule has 2 aliphatic rings. The smallest absolute Gasteiger partial charge is 0.128 e. The highest BCUT2D eigenvalue weighted by Crippen LogP contribution is 2.40. The number of hydrogen-bond acceptors (Lipinski definition) is 4. The summed E-state index contributed by atoms with van der Waals surface area (Å²) in [4.78, 5) is 4.83. The van der Waals surface area contributed by atoms with E-state index in [2.05, 4.69) is 47.6 Å². The van der Waals surface area contributed by atoms with Gasteiger partial charge in [0.05, 0.1) is 13.2 Å². The highest BCUT2D eigenvalue weighted by atomic mass is 16.5. The van der Waals surface area contributed by atoms with Crippen molar-refractivity contribution < 1.29 is 9.47 Å². The summed E-state index contributed by atoms with van der Waals surface area (Å²) in [5.41, 5.74) is 2.11. The van der Waals surface area contributed by atoms with Crippen molar-refractivity contribution in [3.63, 3.8) is 0 Å². The number of hydrogen-bond donors (Lipinski definition) is 0. The van der Waals surface area contributed by atoms with Crippen LogP contribution in [0, 0.1) is 24.7 Å². The zero-order valence-electron chi connectivity index (χ0n) is 20.1. The molecule has 2 heterocycles. The Balaban J connectivity index is 2.07. The molecule has 4 heteroatoms. The van der Waals surface area contributed by atoms with Gasteiger partial charge in [-0.15, -0.1) is 12.8 Å². The van der Waals surface area contributed by atoms with Gasteiger partial charge in [-0.1, -0.05) is 38.5 Å². The first kappa shape index (κ1) is 24.5. The van der Waals surface area contributed by atoms with Crippen molar-refractivity contribution in [2.45, 2.75) is 77.3 Å². The average molecular weight is 437 g/mol. The van der Waals surface area contributed by atoms with Gasteiger partial charge >= 0.3 is 0 Å². The van der Waals surface area contributed by atoms with Crippen LogP contribution in [0.1, 0.15) is 88.4 Å². The van der Waals surface area contributed by atoms with Crippen molar-refractivity contribution in [2.75, 3.05) is 39.4 Å². The average Bonchev–Trinajstić information content (AvgIpc) is 2.85. The SMILES string of the molecule is C#CC(c1cc(C(C#C)N2CCCCC2)c(OCCC)cc1OCCC)N1CCCCC1. The molecule has 1 aromatic rings. The molecule has 0 radical (unpaired) electrons. The summed E-state index contributed by atoms with van der Waals surface area (Å²) in [6.07, 6.45) is 21.4. The van der Waals surface area contributed by atoms with E-state index in [1.165, 1.54) is 38.5 Å². The van der Waals surface area contributed by atoms with Crippen LogP contribution in [0.5, 0.6) is 11.5 Å². The highest BCUT2D eigenvalue weighted by molar-refractivity contribution is 5.52. The van der Waals surface area contributed by atoms with Crippen LogP contribution in [0.2, 0.25) is 0 Å². The maximum Gasteiger partial charge on any atom is 0.128 e. The first-order valence-corrected chi connectivity index (χ1v) is 12.6. The summed E-state index contributed by atoms with van der Waals surface area (Å²) in [5, 5.41) is 0. The van der Waals surface area contributed by atoms with Crippen LogP contribution in [-0.4, -0.2) is 49.2 Å². The Morgan fingerprint density at radius 1 is 0.719 bits per heavy atom. The summed E-state index contributed by atoms with van der Waals surface area (Å²) >= 11 is 0. The standard InChI is InChI=1S/C28H40N2O2/c1-5-19-31-27-22-28(32-20-6-2)24(26(8-4)30-17-13-10-14-18-30)21-23(27)25(7-3)29-15-11-9-12-16-29/h3-4,21-22,25-26H,5-6,9-20H2,1-2H3. The fourth-order valence-electron chi connectivity index (χ4n) is 4.83. The third-order valence-electron chi connectivity index (χ3n) is 6.48. The van der Waals surface area contributed by atoms with Gasteiger partial charge in [0.15, 0.2) is 0 Å². The molecule has 1 aromatic carbocycles. The zero-order valence-corrected chi connectivity index (χ0v) is 20.1. The van der Waals surface area contributed by atoms with Crippen molar-refractivity contribution in [3.8, 4) is 36.2 Å². The molecular weight excluding hydrogens is 396 g/mol. The van der Waals surface area contributed by atoms with Crippen molar-refractivity contribution >= 4 is 0 Å². The molecule has 0 N–H and O–H groups in total. The Labute approximate surface area is 195 Å². The summed E-state index contributed by atoms with van der Waals surface area (Å²) in [7, 11) is 0. The van der Waals surface area contributed by atoms with Gasteiger partial charge in [-0.2, -0.15) is 0 Å². The molecular formula is C28H40N2O2. The fraction of sp³-hybridized carbons (Fsp3) is 0.643. The lowest BCUT2D eigenvalue weighted by Gasteiger charge is -2.35. The second-order valence-corrected chi connectivity index (χ2v) is 8.96. The van der Waals surface area contributed by atoms with E-state index in [-0.39, 0.29) is 12.1 Å². The summed E-state index contributed by atoms with van der Waals surface area (Å²) in [5.74, 6) is 7.82. The highest BCUT2D eigenvalue weighted by Gasteiger charge is 2.29. The van der Waals surface area contributed by atoms with Crippen LogP contribution in [0.25, 0.3) is 0 Å². The van der Waals surface area contributed by atoms with E-state index in [9.17, 15) is 0 Å². The maximum atomic E-state index is 6.23. The molecule has 0 aliphatic carbocycles. The molecule has 3 rings (SSSR count). The molecule has 2 saturated heterocycles. The van der Waals surface area contributed by atoms with Gasteiger partial charge in [0.1, 0.15) is 23.6 Å². The predicted molar refractivity (Wildman–Crippen MR) is 132 cm³/mol. The largest absolute Gasteiger partial charge is 0.493 e. The van der Waals surface area contributed by atoms with Gasteiger partial charge in [-0.05, 0) is 70.8 Å². The Bertz CT molecular complexity index is 732. The molecule has 2 atom stereocenters. The van der Waals surface area contributed by atoms with Gasteiger partial charge in [0.25, 0.3) is 0 Å². The first-order valence-electron chi connectivity index (χ1n) is 12.6. The van der Waals surface area contributed by atoms with Gasteiger partial charge < -0.3 is 9.47 Å². The van der Waals surface area contributed by atoms with Gasteiger partial charge in [-0.3, -0.25) is 9.80 Å². The van der Waals surface area contributed by atoms with Crippen LogP contribution >= 0.6 is 0 Å². The minimum absolute atomic E-state index is 0.110. The fourth-order valence-corrected chi connectivity index (χ4v) is 4.83. The number of rotatable bonds is 10. The van der Waals surface area contributed by atoms with Gasteiger partial charge in [-0.25, -0.2) is 0 Å². The maximum absolute atomic E-state index is 6.23.